The first kappa shape index (κ1) is 21.1. The molecular weight excluding hydrogens is 416 g/mol. The van der Waals surface area contributed by atoms with E-state index in [0.717, 1.165) is 22.3 Å². The maximum Gasteiger partial charge on any atom is 0.251 e. The van der Waals surface area contributed by atoms with Crippen LogP contribution in [-0.2, 0) is 20.9 Å². The molecule has 8 heteroatoms. The van der Waals surface area contributed by atoms with Gasteiger partial charge in [0.15, 0.2) is 0 Å². The summed E-state index contributed by atoms with van der Waals surface area (Å²) < 4.78 is 6.88. The van der Waals surface area contributed by atoms with Gasteiger partial charge in [0.05, 0.1) is 18.7 Å². The monoisotopic (exact) mass is 438 g/mol. The Labute approximate surface area is 185 Å². The molecule has 0 spiro atoms. The van der Waals surface area contributed by atoms with Crippen LogP contribution in [0.1, 0.15) is 29.3 Å². The van der Waals surface area contributed by atoms with Crippen molar-refractivity contribution in [2.75, 3.05) is 17.7 Å². The second kappa shape index (κ2) is 8.53. The second-order valence-corrected chi connectivity index (χ2v) is 8.13. The average molecular weight is 439 g/mol. The number of halogens is 1. The summed E-state index contributed by atoms with van der Waals surface area (Å²) in [5.41, 5.74) is 5.05. The van der Waals surface area contributed by atoms with Gasteiger partial charge in [0.25, 0.3) is 5.91 Å². The van der Waals surface area contributed by atoms with Crippen LogP contribution in [0, 0.1) is 13.8 Å². The van der Waals surface area contributed by atoms with Crippen LogP contribution in [0.4, 0.5) is 11.5 Å². The molecule has 2 heterocycles. The summed E-state index contributed by atoms with van der Waals surface area (Å²) in [6, 6.07) is 12.4. The van der Waals surface area contributed by atoms with Gasteiger partial charge in [-0.3, -0.25) is 9.59 Å². The molecule has 160 valence electrons. The van der Waals surface area contributed by atoms with Crippen molar-refractivity contribution >= 4 is 34.9 Å². The van der Waals surface area contributed by atoms with E-state index in [1.165, 1.54) is 0 Å². The Hall–Kier alpha value is -3.16. The quantitative estimate of drug-likeness (QED) is 0.593. The highest BCUT2D eigenvalue weighted by Gasteiger charge is 2.37. The van der Waals surface area contributed by atoms with Gasteiger partial charge >= 0.3 is 0 Å². The van der Waals surface area contributed by atoms with Crippen molar-refractivity contribution in [2.45, 2.75) is 32.9 Å². The topological polar surface area (TPSA) is 85.2 Å². The Morgan fingerprint density at radius 1 is 1.23 bits per heavy atom. The van der Waals surface area contributed by atoms with Crippen molar-refractivity contribution in [2.24, 2.45) is 0 Å². The molecule has 4 rings (SSSR count). The van der Waals surface area contributed by atoms with Crippen molar-refractivity contribution in [1.82, 2.24) is 9.78 Å². The maximum atomic E-state index is 12.7. The average Bonchev–Trinajstić information content (AvgIpc) is 3.16. The Balaban J connectivity index is 1.63. The van der Waals surface area contributed by atoms with E-state index < -0.39 is 6.04 Å². The zero-order chi connectivity index (χ0) is 22.1. The number of anilines is 2. The van der Waals surface area contributed by atoms with Gasteiger partial charge in [-0.1, -0.05) is 29.8 Å². The third-order valence-electron chi connectivity index (χ3n) is 5.10. The standard InChI is InChI=1S/C23H23ClN4O3/c1-13-7-14(2)9-17(8-13)25-20(29)11-19-23(30)26-22-21(15-5-4-6-16(24)10-15)18(12-31-3)27-28(19)22/h4-10,19H,11-12H2,1-3H3,(H,25,29)(H,26,30). The minimum atomic E-state index is -0.746. The van der Waals surface area contributed by atoms with E-state index in [4.69, 9.17) is 16.3 Å². The molecule has 0 fully saturated rings. The van der Waals surface area contributed by atoms with Crippen LogP contribution >= 0.6 is 11.6 Å². The van der Waals surface area contributed by atoms with E-state index in [-0.39, 0.29) is 24.8 Å². The van der Waals surface area contributed by atoms with Gasteiger partial charge in [-0.25, -0.2) is 4.68 Å². The zero-order valence-electron chi connectivity index (χ0n) is 17.5. The predicted octanol–water partition coefficient (Wildman–Crippen LogP) is 4.49. The van der Waals surface area contributed by atoms with E-state index in [1.54, 1.807) is 17.9 Å². The predicted molar refractivity (Wildman–Crippen MR) is 120 cm³/mol. The number of aryl methyl sites for hydroxylation is 2. The number of aromatic nitrogens is 2. The van der Waals surface area contributed by atoms with Gasteiger partial charge in [-0.15, -0.1) is 0 Å². The van der Waals surface area contributed by atoms with E-state index >= 15 is 0 Å². The number of nitrogens with zero attached hydrogens (tertiary/aromatic N) is 2. The number of rotatable bonds is 6. The van der Waals surface area contributed by atoms with E-state index in [1.807, 2.05) is 50.2 Å². The van der Waals surface area contributed by atoms with E-state index in [0.29, 0.717) is 22.2 Å². The van der Waals surface area contributed by atoms with Gasteiger partial charge < -0.3 is 15.4 Å². The molecule has 0 radical (unpaired) electrons. The molecule has 3 aromatic rings. The van der Waals surface area contributed by atoms with Gasteiger partial charge in [0, 0.05) is 23.4 Å². The number of benzene rings is 2. The largest absolute Gasteiger partial charge is 0.378 e. The number of nitrogens with one attached hydrogen (secondary N) is 2. The molecule has 2 amide bonds. The Morgan fingerprint density at radius 2 is 1.97 bits per heavy atom. The number of hydrogen-bond donors (Lipinski definition) is 2. The summed E-state index contributed by atoms with van der Waals surface area (Å²) in [6.07, 6.45) is -0.0328. The summed E-state index contributed by atoms with van der Waals surface area (Å²) in [5.74, 6) is 0.0138. The van der Waals surface area contributed by atoms with Crippen molar-refractivity contribution < 1.29 is 14.3 Å². The van der Waals surface area contributed by atoms with Crippen molar-refractivity contribution in [1.29, 1.82) is 0 Å². The maximum absolute atomic E-state index is 12.7. The molecule has 0 saturated heterocycles. The minimum Gasteiger partial charge on any atom is -0.378 e. The first-order chi connectivity index (χ1) is 14.9. The second-order valence-electron chi connectivity index (χ2n) is 7.69. The van der Waals surface area contributed by atoms with Crippen molar-refractivity contribution in [3.05, 3.63) is 64.3 Å². The number of amides is 2. The van der Waals surface area contributed by atoms with Crippen LogP contribution in [0.5, 0.6) is 0 Å². The molecule has 2 aromatic carbocycles. The van der Waals surface area contributed by atoms with Crippen molar-refractivity contribution in [3.8, 4) is 11.1 Å². The summed E-state index contributed by atoms with van der Waals surface area (Å²) >= 11 is 6.17. The fourth-order valence-electron chi connectivity index (χ4n) is 3.94. The first-order valence-corrected chi connectivity index (χ1v) is 10.3. The SMILES string of the molecule is COCc1nn2c(c1-c1cccc(Cl)c1)NC(=O)C2CC(=O)Nc1cc(C)cc(C)c1. The minimum absolute atomic E-state index is 0.0328. The summed E-state index contributed by atoms with van der Waals surface area (Å²) in [6.45, 7) is 4.20. The Bertz CT molecular complexity index is 1150. The molecule has 2 N–H and O–H groups in total. The molecule has 0 aliphatic carbocycles. The number of ether oxygens (including phenoxy) is 1. The molecule has 1 atom stereocenters. The first-order valence-electron chi connectivity index (χ1n) is 9.91. The van der Waals surface area contributed by atoms with Crippen LogP contribution in [0.15, 0.2) is 42.5 Å². The third kappa shape index (κ3) is 4.33. The van der Waals surface area contributed by atoms with Crippen LogP contribution < -0.4 is 10.6 Å². The van der Waals surface area contributed by atoms with Crippen molar-refractivity contribution in [3.63, 3.8) is 0 Å². The summed E-state index contributed by atoms with van der Waals surface area (Å²) in [7, 11) is 1.58. The van der Waals surface area contributed by atoms with E-state index in [2.05, 4.69) is 15.7 Å². The molecule has 1 aliphatic rings. The van der Waals surface area contributed by atoms with Gasteiger partial charge in [-0.05, 0) is 54.8 Å². The van der Waals surface area contributed by atoms with Gasteiger partial charge in [0.2, 0.25) is 5.91 Å². The smallest absolute Gasteiger partial charge is 0.251 e. The lowest BCUT2D eigenvalue weighted by Crippen LogP contribution is -2.24. The lowest BCUT2D eigenvalue weighted by molar-refractivity contribution is -0.123. The number of methoxy groups -OCH3 is 1. The van der Waals surface area contributed by atoms with Gasteiger partial charge in [-0.2, -0.15) is 5.10 Å². The lowest BCUT2D eigenvalue weighted by Gasteiger charge is -2.11. The molecule has 7 nitrogen and oxygen atoms in total. The zero-order valence-corrected chi connectivity index (χ0v) is 18.3. The lowest BCUT2D eigenvalue weighted by atomic mass is 10.1. The highest BCUT2D eigenvalue weighted by atomic mass is 35.5. The molecule has 0 saturated carbocycles. The van der Waals surface area contributed by atoms with Crippen LogP contribution in [0.25, 0.3) is 11.1 Å². The summed E-state index contributed by atoms with van der Waals surface area (Å²) in [5, 5.41) is 10.9. The highest BCUT2D eigenvalue weighted by Crippen LogP contribution is 2.39. The van der Waals surface area contributed by atoms with Crippen LogP contribution in [0.3, 0.4) is 0 Å². The molecule has 1 unspecified atom stereocenters. The van der Waals surface area contributed by atoms with E-state index in [9.17, 15) is 9.59 Å². The molecular formula is C23H23ClN4O3. The fraction of sp³-hybridized carbons (Fsp3) is 0.261. The fourth-order valence-corrected chi connectivity index (χ4v) is 4.13. The summed E-state index contributed by atoms with van der Waals surface area (Å²) in [4.78, 5) is 25.4. The molecule has 1 aliphatic heterocycles. The van der Waals surface area contributed by atoms with Gasteiger partial charge in [0.1, 0.15) is 11.9 Å². The molecule has 31 heavy (non-hydrogen) atoms. The normalized spacial score (nSPS) is 15.0. The molecule has 1 aromatic heterocycles. The van der Waals surface area contributed by atoms with Crippen LogP contribution in [0.2, 0.25) is 5.02 Å². The highest BCUT2D eigenvalue weighted by molar-refractivity contribution is 6.30. The number of carbonyl (C=O) groups is 2. The number of fused-ring (bicyclic) bond motifs is 1. The Kier molecular flexibility index (Phi) is 5.80. The van der Waals surface area contributed by atoms with Crippen LogP contribution in [-0.4, -0.2) is 28.7 Å². The number of carbonyl (C=O) groups excluding carboxylic acids is 2. The number of hydrogen-bond acceptors (Lipinski definition) is 4. The third-order valence-corrected chi connectivity index (χ3v) is 5.34. The molecule has 0 bridgehead atoms. The Morgan fingerprint density at radius 3 is 2.65 bits per heavy atom.